The summed E-state index contributed by atoms with van der Waals surface area (Å²) in [6, 6.07) is 4.61. The monoisotopic (exact) mass is 438 g/mol. The molecule has 0 aliphatic carbocycles. The molecule has 8 nitrogen and oxygen atoms in total. The van der Waals surface area contributed by atoms with Crippen molar-refractivity contribution in [1.82, 2.24) is 20.4 Å². The minimum atomic E-state index is -3.61. The summed E-state index contributed by atoms with van der Waals surface area (Å²) in [5.74, 6) is -0.579. The van der Waals surface area contributed by atoms with Gasteiger partial charge in [-0.3, -0.25) is 4.79 Å². The number of piperidine rings is 1. The van der Waals surface area contributed by atoms with Crippen LogP contribution < -0.4 is 5.32 Å². The molecule has 1 aromatic carbocycles. The van der Waals surface area contributed by atoms with Crippen molar-refractivity contribution in [2.24, 2.45) is 5.92 Å². The molecule has 0 bridgehead atoms. The second-order valence-corrected chi connectivity index (χ2v) is 9.81. The van der Waals surface area contributed by atoms with Crippen molar-refractivity contribution in [2.75, 3.05) is 31.9 Å². The van der Waals surface area contributed by atoms with Crippen LogP contribution in [0.3, 0.4) is 0 Å². The van der Waals surface area contributed by atoms with Gasteiger partial charge in [0.05, 0.1) is 10.6 Å². The van der Waals surface area contributed by atoms with Crippen LogP contribution in [-0.2, 0) is 16.3 Å². The Hall–Kier alpha value is -2.33. The molecule has 0 saturated carbocycles. The molecule has 164 valence electrons. The van der Waals surface area contributed by atoms with Crippen LogP contribution >= 0.6 is 0 Å². The molecule has 10 heteroatoms. The molecule has 30 heavy (non-hydrogen) atoms. The number of hydrogen-bond donors (Lipinski definition) is 1. The van der Waals surface area contributed by atoms with Crippen LogP contribution in [0.4, 0.5) is 4.39 Å². The third kappa shape index (κ3) is 6.33. The van der Waals surface area contributed by atoms with E-state index in [0.29, 0.717) is 6.54 Å². The number of halogens is 1. The molecule has 1 aliphatic rings. The molecular formula is C20H27FN4O4S. The van der Waals surface area contributed by atoms with Gasteiger partial charge in [0, 0.05) is 19.5 Å². The number of hydrogen-bond acceptors (Lipinski definition) is 7. The standard InChI is InChI=1S/C20H27FN4O4S/c1-15-4-2-11-25(14-15)12-3-10-22-19(26)20-23-18(24-29-20)9-13-30(27,28)17-7-5-16(21)6-8-17/h5-8,15H,2-4,9-14H2,1H3,(H,22,26)/t15-/m1/s1. The maximum atomic E-state index is 13.0. The molecule has 0 spiro atoms. The summed E-state index contributed by atoms with van der Waals surface area (Å²) >= 11 is 0. The van der Waals surface area contributed by atoms with Crippen molar-refractivity contribution >= 4 is 15.7 Å². The molecule has 1 fully saturated rings. The summed E-state index contributed by atoms with van der Waals surface area (Å²) < 4.78 is 42.5. The Morgan fingerprint density at radius 1 is 1.33 bits per heavy atom. The van der Waals surface area contributed by atoms with Gasteiger partial charge in [0.25, 0.3) is 0 Å². The predicted octanol–water partition coefficient (Wildman–Crippen LogP) is 2.08. The number of nitrogens with one attached hydrogen (secondary N) is 1. The molecule has 1 aromatic heterocycles. The topological polar surface area (TPSA) is 105 Å². The van der Waals surface area contributed by atoms with Gasteiger partial charge in [-0.05, 0) is 62.5 Å². The minimum absolute atomic E-state index is 0.0103. The van der Waals surface area contributed by atoms with E-state index in [-0.39, 0.29) is 28.8 Å². The molecule has 3 rings (SSSR count). The van der Waals surface area contributed by atoms with Crippen LogP contribution in [0.1, 0.15) is 42.7 Å². The molecule has 0 unspecified atom stereocenters. The highest BCUT2D eigenvalue weighted by Gasteiger charge is 2.19. The lowest BCUT2D eigenvalue weighted by Crippen LogP contribution is -2.36. The number of carbonyl (C=O) groups is 1. The van der Waals surface area contributed by atoms with Crippen molar-refractivity contribution in [3.05, 3.63) is 41.8 Å². The summed E-state index contributed by atoms with van der Waals surface area (Å²) in [5, 5.41) is 6.43. The quantitative estimate of drug-likeness (QED) is 0.472. The Morgan fingerprint density at radius 3 is 2.83 bits per heavy atom. The maximum Gasteiger partial charge on any atom is 0.315 e. The van der Waals surface area contributed by atoms with Gasteiger partial charge >= 0.3 is 11.8 Å². The van der Waals surface area contributed by atoms with Gasteiger partial charge in [-0.15, -0.1) is 0 Å². The van der Waals surface area contributed by atoms with Crippen molar-refractivity contribution < 1.29 is 22.1 Å². The van der Waals surface area contributed by atoms with E-state index in [0.717, 1.165) is 44.1 Å². The van der Waals surface area contributed by atoms with Gasteiger partial charge in [0.2, 0.25) is 0 Å². The largest absolute Gasteiger partial charge is 0.348 e. The van der Waals surface area contributed by atoms with Crippen LogP contribution in [0, 0.1) is 11.7 Å². The van der Waals surface area contributed by atoms with Crippen molar-refractivity contribution in [1.29, 1.82) is 0 Å². The highest BCUT2D eigenvalue weighted by atomic mass is 32.2. The molecular weight excluding hydrogens is 411 g/mol. The van der Waals surface area contributed by atoms with E-state index in [4.69, 9.17) is 4.52 Å². The Morgan fingerprint density at radius 2 is 2.10 bits per heavy atom. The zero-order valence-electron chi connectivity index (χ0n) is 17.0. The van der Waals surface area contributed by atoms with Gasteiger partial charge in [-0.1, -0.05) is 12.1 Å². The normalized spacial score (nSPS) is 17.7. The Kier molecular flexibility index (Phi) is 7.54. The average Bonchev–Trinajstić information content (AvgIpc) is 3.19. The second kappa shape index (κ2) is 10.1. The van der Waals surface area contributed by atoms with E-state index >= 15 is 0 Å². The predicted molar refractivity (Wildman–Crippen MR) is 108 cm³/mol. The first-order valence-corrected chi connectivity index (χ1v) is 11.8. The number of benzene rings is 1. The van der Waals surface area contributed by atoms with Crippen LogP contribution in [-0.4, -0.2) is 61.3 Å². The zero-order valence-corrected chi connectivity index (χ0v) is 17.8. The lowest BCUT2D eigenvalue weighted by molar-refractivity contribution is 0.0906. The van der Waals surface area contributed by atoms with E-state index < -0.39 is 21.6 Å². The number of sulfone groups is 1. The molecule has 1 amide bonds. The van der Waals surface area contributed by atoms with Gasteiger partial charge in [-0.2, -0.15) is 4.98 Å². The number of aromatic nitrogens is 2. The summed E-state index contributed by atoms with van der Waals surface area (Å²) in [4.78, 5) is 18.5. The third-order valence-corrected chi connectivity index (χ3v) is 6.84. The van der Waals surface area contributed by atoms with Gasteiger partial charge in [0.1, 0.15) is 5.82 Å². The first kappa shape index (κ1) is 22.4. The lowest BCUT2D eigenvalue weighted by Gasteiger charge is -2.30. The molecule has 1 aliphatic heterocycles. The summed E-state index contributed by atoms with van der Waals surface area (Å²) in [6.45, 7) is 5.89. The number of likely N-dealkylation sites (tertiary alicyclic amines) is 1. The van der Waals surface area contributed by atoms with Crippen LogP contribution in [0.15, 0.2) is 33.7 Å². The average molecular weight is 439 g/mol. The first-order chi connectivity index (χ1) is 14.3. The highest BCUT2D eigenvalue weighted by Crippen LogP contribution is 2.15. The van der Waals surface area contributed by atoms with E-state index in [1.165, 1.54) is 25.0 Å². The Balaban J connectivity index is 1.42. The summed E-state index contributed by atoms with van der Waals surface area (Å²) in [6.07, 6.45) is 3.31. The second-order valence-electron chi connectivity index (χ2n) is 7.70. The first-order valence-electron chi connectivity index (χ1n) is 10.1. The van der Waals surface area contributed by atoms with E-state index in [2.05, 4.69) is 27.3 Å². The van der Waals surface area contributed by atoms with Crippen molar-refractivity contribution in [2.45, 2.75) is 37.5 Å². The van der Waals surface area contributed by atoms with Gasteiger partial charge < -0.3 is 14.7 Å². The molecule has 1 saturated heterocycles. The molecule has 2 aromatic rings. The summed E-state index contributed by atoms with van der Waals surface area (Å²) in [5.41, 5.74) is 0. The van der Waals surface area contributed by atoms with E-state index in [1.54, 1.807) is 0 Å². The maximum absolute atomic E-state index is 13.0. The number of nitrogens with zero attached hydrogens (tertiary/aromatic N) is 3. The highest BCUT2D eigenvalue weighted by molar-refractivity contribution is 7.91. The SMILES string of the molecule is C[C@@H]1CCCN(CCCNC(=O)c2nc(CCS(=O)(=O)c3ccc(F)cc3)no2)C1. The fourth-order valence-corrected chi connectivity index (χ4v) is 4.74. The van der Waals surface area contributed by atoms with Crippen LogP contribution in [0.25, 0.3) is 0 Å². The fourth-order valence-electron chi connectivity index (χ4n) is 3.50. The molecule has 2 heterocycles. The number of carbonyl (C=O) groups excluding carboxylic acids is 1. The van der Waals surface area contributed by atoms with E-state index in [9.17, 15) is 17.6 Å². The van der Waals surface area contributed by atoms with Crippen LogP contribution in [0.2, 0.25) is 0 Å². The molecule has 1 atom stereocenters. The number of amides is 1. The fraction of sp³-hybridized carbons (Fsp3) is 0.550. The van der Waals surface area contributed by atoms with E-state index in [1.807, 2.05) is 0 Å². The van der Waals surface area contributed by atoms with Gasteiger partial charge in [-0.25, -0.2) is 12.8 Å². The third-order valence-electron chi connectivity index (χ3n) is 5.11. The van der Waals surface area contributed by atoms with Gasteiger partial charge in [0.15, 0.2) is 15.7 Å². The Bertz CT molecular complexity index is 946. The summed E-state index contributed by atoms with van der Waals surface area (Å²) in [7, 11) is -3.61. The number of rotatable bonds is 9. The smallest absolute Gasteiger partial charge is 0.315 e. The molecule has 0 radical (unpaired) electrons. The molecule has 1 N–H and O–H groups in total. The Labute approximate surface area is 175 Å². The number of aryl methyl sites for hydroxylation is 1. The lowest BCUT2D eigenvalue weighted by atomic mass is 10.0. The van der Waals surface area contributed by atoms with Crippen LogP contribution in [0.5, 0.6) is 0 Å². The van der Waals surface area contributed by atoms with Crippen molar-refractivity contribution in [3.8, 4) is 0 Å². The minimum Gasteiger partial charge on any atom is -0.348 e. The van der Waals surface area contributed by atoms with Crippen molar-refractivity contribution in [3.63, 3.8) is 0 Å². The zero-order chi connectivity index (χ0) is 21.6.